The molecule has 3 nitrogen and oxygen atoms in total. The number of hydrogen-bond acceptors (Lipinski definition) is 2. The number of nitrogens with one attached hydrogen (secondary N) is 1. The van der Waals surface area contributed by atoms with Crippen LogP contribution < -0.4 is 5.32 Å². The Kier molecular flexibility index (Phi) is 6.69. The standard InChI is InChI=1S/C15H29NO2/c1-15(2,3)12-14(17)16-10-7-11-18-13-8-5-4-6-9-13/h13H,4-12H2,1-3H3,(H,16,17). The van der Waals surface area contributed by atoms with Crippen LogP contribution in [0.3, 0.4) is 0 Å². The normalized spacial score (nSPS) is 17.7. The van der Waals surface area contributed by atoms with Crippen molar-refractivity contribution in [1.29, 1.82) is 0 Å². The van der Waals surface area contributed by atoms with Crippen molar-refractivity contribution < 1.29 is 9.53 Å². The van der Waals surface area contributed by atoms with Crippen LogP contribution in [0, 0.1) is 5.41 Å². The number of carbonyl (C=O) groups is 1. The molecule has 1 fully saturated rings. The van der Waals surface area contributed by atoms with Gasteiger partial charge in [0.15, 0.2) is 0 Å². The van der Waals surface area contributed by atoms with Gasteiger partial charge in [-0.3, -0.25) is 4.79 Å². The molecule has 0 saturated heterocycles. The van der Waals surface area contributed by atoms with E-state index in [9.17, 15) is 4.79 Å². The van der Waals surface area contributed by atoms with E-state index in [-0.39, 0.29) is 11.3 Å². The van der Waals surface area contributed by atoms with Gasteiger partial charge in [0.1, 0.15) is 0 Å². The van der Waals surface area contributed by atoms with Crippen molar-refractivity contribution >= 4 is 5.91 Å². The van der Waals surface area contributed by atoms with E-state index in [4.69, 9.17) is 4.74 Å². The maximum atomic E-state index is 11.6. The van der Waals surface area contributed by atoms with Crippen LogP contribution in [0.25, 0.3) is 0 Å². The predicted octanol–water partition coefficient (Wildman–Crippen LogP) is 3.28. The van der Waals surface area contributed by atoms with Gasteiger partial charge in [-0.25, -0.2) is 0 Å². The van der Waals surface area contributed by atoms with Gasteiger partial charge in [-0.2, -0.15) is 0 Å². The molecule has 0 radical (unpaired) electrons. The van der Waals surface area contributed by atoms with E-state index in [1.165, 1.54) is 32.1 Å². The Hall–Kier alpha value is -0.570. The van der Waals surface area contributed by atoms with E-state index in [0.717, 1.165) is 19.6 Å². The van der Waals surface area contributed by atoms with E-state index in [0.29, 0.717) is 12.5 Å². The molecule has 106 valence electrons. The highest BCUT2D eigenvalue weighted by Gasteiger charge is 2.15. The van der Waals surface area contributed by atoms with Gasteiger partial charge < -0.3 is 10.1 Å². The first-order chi connectivity index (χ1) is 8.47. The smallest absolute Gasteiger partial charge is 0.220 e. The maximum Gasteiger partial charge on any atom is 0.220 e. The highest BCUT2D eigenvalue weighted by Crippen LogP contribution is 2.20. The van der Waals surface area contributed by atoms with Gasteiger partial charge in [-0.1, -0.05) is 40.0 Å². The third-order valence-corrected chi connectivity index (χ3v) is 3.24. The zero-order chi connectivity index (χ0) is 13.4. The van der Waals surface area contributed by atoms with Crippen LogP contribution in [-0.4, -0.2) is 25.2 Å². The summed E-state index contributed by atoms with van der Waals surface area (Å²) in [6.45, 7) is 7.76. The zero-order valence-corrected chi connectivity index (χ0v) is 12.3. The molecule has 1 rings (SSSR count). The maximum absolute atomic E-state index is 11.6. The molecule has 3 heteroatoms. The van der Waals surface area contributed by atoms with E-state index in [1.54, 1.807) is 0 Å². The Morgan fingerprint density at radius 3 is 2.50 bits per heavy atom. The predicted molar refractivity (Wildman–Crippen MR) is 74.5 cm³/mol. The summed E-state index contributed by atoms with van der Waals surface area (Å²) in [5.41, 5.74) is 0.0721. The second kappa shape index (κ2) is 7.78. The average Bonchev–Trinajstić information content (AvgIpc) is 2.27. The Bertz CT molecular complexity index is 239. The van der Waals surface area contributed by atoms with Gasteiger partial charge >= 0.3 is 0 Å². The summed E-state index contributed by atoms with van der Waals surface area (Å²) in [4.78, 5) is 11.6. The van der Waals surface area contributed by atoms with Crippen molar-refractivity contribution in [1.82, 2.24) is 5.32 Å². The van der Waals surface area contributed by atoms with Crippen molar-refractivity contribution in [2.45, 2.75) is 71.8 Å². The molecule has 1 saturated carbocycles. The van der Waals surface area contributed by atoms with Crippen LogP contribution in [-0.2, 0) is 9.53 Å². The van der Waals surface area contributed by atoms with E-state index < -0.39 is 0 Å². The van der Waals surface area contributed by atoms with Crippen LogP contribution in [0.1, 0.15) is 65.7 Å². The summed E-state index contributed by atoms with van der Waals surface area (Å²) in [5.74, 6) is 0.153. The van der Waals surface area contributed by atoms with Crippen molar-refractivity contribution in [3.8, 4) is 0 Å². The van der Waals surface area contributed by atoms with Crippen LogP contribution >= 0.6 is 0 Å². The second-order valence-corrected chi connectivity index (χ2v) is 6.57. The third-order valence-electron chi connectivity index (χ3n) is 3.24. The minimum absolute atomic E-state index is 0.0721. The van der Waals surface area contributed by atoms with Gasteiger partial charge in [0.05, 0.1) is 6.10 Å². The van der Waals surface area contributed by atoms with Gasteiger partial charge in [-0.05, 0) is 24.7 Å². The van der Waals surface area contributed by atoms with Crippen molar-refractivity contribution in [2.75, 3.05) is 13.2 Å². The number of ether oxygens (including phenoxy) is 1. The lowest BCUT2D eigenvalue weighted by Gasteiger charge is -2.22. The summed E-state index contributed by atoms with van der Waals surface area (Å²) in [6.07, 6.45) is 8.42. The molecule has 0 atom stereocenters. The molecule has 0 spiro atoms. The number of hydrogen-bond donors (Lipinski definition) is 1. The Balaban J connectivity index is 1.96. The van der Waals surface area contributed by atoms with Gasteiger partial charge in [0, 0.05) is 19.6 Å². The molecular formula is C15H29NO2. The summed E-state index contributed by atoms with van der Waals surface area (Å²) < 4.78 is 5.81. The summed E-state index contributed by atoms with van der Waals surface area (Å²) >= 11 is 0. The first-order valence-corrected chi connectivity index (χ1v) is 7.36. The first-order valence-electron chi connectivity index (χ1n) is 7.36. The number of rotatable bonds is 6. The topological polar surface area (TPSA) is 38.3 Å². The molecule has 1 aliphatic carbocycles. The van der Waals surface area contributed by atoms with Gasteiger partial charge in [0.25, 0.3) is 0 Å². The van der Waals surface area contributed by atoms with Gasteiger partial charge in [-0.15, -0.1) is 0 Å². The lowest BCUT2D eigenvalue weighted by Crippen LogP contribution is -2.29. The fourth-order valence-electron chi connectivity index (χ4n) is 2.33. The fraction of sp³-hybridized carbons (Fsp3) is 0.933. The van der Waals surface area contributed by atoms with Crippen molar-refractivity contribution in [3.63, 3.8) is 0 Å². The van der Waals surface area contributed by atoms with E-state index in [1.807, 2.05) is 0 Å². The quantitative estimate of drug-likeness (QED) is 0.740. The minimum atomic E-state index is 0.0721. The first kappa shape index (κ1) is 15.5. The molecule has 0 aromatic heterocycles. The number of carbonyl (C=O) groups excluding carboxylic acids is 1. The second-order valence-electron chi connectivity index (χ2n) is 6.57. The lowest BCUT2D eigenvalue weighted by molar-refractivity contribution is -0.122. The SMILES string of the molecule is CC(C)(C)CC(=O)NCCCOC1CCCCC1. The molecule has 0 aromatic carbocycles. The molecular weight excluding hydrogens is 226 g/mol. The Morgan fingerprint density at radius 1 is 1.22 bits per heavy atom. The monoisotopic (exact) mass is 255 g/mol. The summed E-state index contributed by atoms with van der Waals surface area (Å²) in [7, 11) is 0. The third kappa shape index (κ3) is 7.70. The molecule has 0 heterocycles. The molecule has 0 bridgehead atoms. The minimum Gasteiger partial charge on any atom is -0.378 e. The highest BCUT2D eigenvalue weighted by atomic mass is 16.5. The molecule has 1 N–H and O–H groups in total. The molecule has 1 amide bonds. The molecule has 18 heavy (non-hydrogen) atoms. The molecule has 0 unspecified atom stereocenters. The van der Waals surface area contributed by atoms with Crippen LogP contribution in [0.2, 0.25) is 0 Å². The highest BCUT2D eigenvalue weighted by molar-refractivity contribution is 5.76. The Morgan fingerprint density at radius 2 is 1.89 bits per heavy atom. The number of amides is 1. The van der Waals surface area contributed by atoms with E-state index in [2.05, 4.69) is 26.1 Å². The van der Waals surface area contributed by atoms with Crippen molar-refractivity contribution in [2.24, 2.45) is 5.41 Å². The summed E-state index contributed by atoms with van der Waals surface area (Å²) in [6, 6.07) is 0. The largest absolute Gasteiger partial charge is 0.378 e. The van der Waals surface area contributed by atoms with Crippen LogP contribution in [0.5, 0.6) is 0 Å². The van der Waals surface area contributed by atoms with Crippen LogP contribution in [0.15, 0.2) is 0 Å². The van der Waals surface area contributed by atoms with Crippen molar-refractivity contribution in [3.05, 3.63) is 0 Å². The zero-order valence-electron chi connectivity index (χ0n) is 12.3. The van der Waals surface area contributed by atoms with Gasteiger partial charge in [0.2, 0.25) is 5.91 Å². The molecule has 0 aliphatic heterocycles. The van der Waals surface area contributed by atoms with E-state index >= 15 is 0 Å². The fourth-order valence-corrected chi connectivity index (χ4v) is 2.33. The lowest BCUT2D eigenvalue weighted by atomic mass is 9.92. The average molecular weight is 255 g/mol. The molecule has 0 aromatic rings. The van der Waals surface area contributed by atoms with Crippen LogP contribution in [0.4, 0.5) is 0 Å². The Labute approximate surface area is 112 Å². The summed E-state index contributed by atoms with van der Waals surface area (Å²) in [5, 5.41) is 2.96. The molecule has 1 aliphatic rings.